The van der Waals surface area contributed by atoms with Crippen molar-refractivity contribution in [2.75, 3.05) is 39.5 Å². The zero-order valence-corrected chi connectivity index (χ0v) is 8.85. The molecule has 1 rings (SSSR count). The zero-order valence-electron chi connectivity index (χ0n) is 8.85. The molecule has 1 saturated heterocycles. The number of rotatable bonds is 5. The monoisotopic (exact) mass is 203 g/mol. The molecular weight excluding hydrogens is 182 g/mol. The first kappa shape index (κ1) is 11.9. The van der Waals surface area contributed by atoms with Gasteiger partial charge in [-0.25, -0.2) is 0 Å². The maximum absolute atomic E-state index is 9.51. The van der Waals surface area contributed by atoms with E-state index in [0.29, 0.717) is 19.1 Å². The molecule has 0 amide bonds. The van der Waals surface area contributed by atoms with E-state index in [0.717, 1.165) is 26.1 Å². The highest BCUT2D eigenvalue weighted by Crippen LogP contribution is 2.15. The second-order valence-corrected chi connectivity index (χ2v) is 3.97. The van der Waals surface area contributed by atoms with E-state index in [2.05, 4.69) is 11.8 Å². The first-order valence-corrected chi connectivity index (χ1v) is 5.33. The quantitative estimate of drug-likeness (QED) is 0.602. The largest absolute Gasteiger partial charge is 0.394 e. The number of hydrogen-bond acceptors (Lipinski definition) is 4. The van der Waals surface area contributed by atoms with Gasteiger partial charge in [-0.3, -0.25) is 0 Å². The molecule has 1 fully saturated rings. The molecule has 0 bridgehead atoms. The molecule has 0 aliphatic carbocycles. The summed E-state index contributed by atoms with van der Waals surface area (Å²) in [5.41, 5.74) is 0. The summed E-state index contributed by atoms with van der Waals surface area (Å²) in [5, 5.41) is 18.0. The van der Waals surface area contributed by atoms with E-state index in [1.165, 1.54) is 0 Å². The molecule has 0 radical (unpaired) electrons. The molecule has 14 heavy (non-hydrogen) atoms. The van der Waals surface area contributed by atoms with Crippen LogP contribution in [0, 0.1) is 5.92 Å². The number of nitrogens with zero attached hydrogens (tertiary/aromatic N) is 1. The lowest BCUT2D eigenvalue weighted by Crippen LogP contribution is -2.43. The Morgan fingerprint density at radius 1 is 1.43 bits per heavy atom. The lowest BCUT2D eigenvalue weighted by molar-refractivity contribution is 0.0162. The van der Waals surface area contributed by atoms with E-state index < -0.39 is 0 Å². The van der Waals surface area contributed by atoms with E-state index in [1.54, 1.807) is 0 Å². The molecule has 4 nitrogen and oxygen atoms in total. The Hall–Kier alpha value is -0.160. The predicted molar refractivity (Wildman–Crippen MR) is 54.1 cm³/mol. The van der Waals surface area contributed by atoms with Crippen LogP contribution >= 0.6 is 0 Å². The highest BCUT2D eigenvalue weighted by molar-refractivity contribution is 4.76. The van der Waals surface area contributed by atoms with Crippen molar-refractivity contribution in [2.45, 2.75) is 19.4 Å². The average Bonchev–Trinajstić information content (AvgIpc) is 2.18. The van der Waals surface area contributed by atoms with Gasteiger partial charge in [0.25, 0.3) is 0 Å². The maximum Gasteiger partial charge on any atom is 0.0698 e. The van der Waals surface area contributed by atoms with Crippen LogP contribution in [0.4, 0.5) is 0 Å². The van der Waals surface area contributed by atoms with Crippen molar-refractivity contribution < 1.29 is 14.9 Å². The molecule has 0 aromatic rings. The lowest BCUT2D eigenvalue weighted by Gasteiger charge is -2.34. The summed E-state index contributed by atoms with van der Waals surface area (Å²) in [5.74, 6) is 0.363. The maximum atomic E-state index is 9.51. The van der Waals surface area contributed by atoms with Gasteiger partial charge in [0.05, 0.1) is 25.9 Å². The van der Waals surface area contributed by atoms with Gasteiger partial charge in [-0.15, -0.1) is 0 Å². The topological polar surface area (TPSA) is 52.9 Å². The molecular formula is C10H21NO3. The molecule has 2 N–H and O–H groups in total. The average molecular weight is 203 g/mol. The Balaban J connectivity index is 2.07. The summed E-state index contributed by atoms with van der Waals surface area (Å²) >= 11 is 0. The second-order valence-electron chi connectivity index (χ2n) is 3.97. The van der Waals surface area contributed by atoms with Crippen LogP contribution in [0.15, 0.2) is 0 Å². The fourth-order valence-electron chi connectivity index (χ4n) is 1.78. The third kappa shape index (κ3) is 3.92. The molecule has 0 spiro atoms. The van der Waals surface area contributed by atoms with Gasteiger partial charge in [0.15, 0.2) is 0 Å². The number of aliphatic hydroxyl groups is 2. The number of aliphatic hydroxyl groups excluding tert-OH is 2. The summed E-state index contributed by atoms with van der Waals surface area (Å²) in [4.78, 5) is 2.30. The molecule has 4 heteroatoms. The third-order valence-electron chi connectivity index (χ3n) is 2.73. The van der Waals surface area contributed by atoms with E-state index in [4.69, 9.17) is 9.84 Å². The van der Waals surface area contributed by atoms with Crippen molar-refractivity contribution in [1.82, 2.24) is 4.90 Å². The molecule has 1 aliphatic heterocycles. The molecule has 0 saturated carbocycles. The lowest BCUT2D eigenvalue weighted by atomic mass is 9.97. The minimum Gasteiger partial charge on any atom is -0.394 e. The summed E-state index contributed by atoms with van der Waals surface area (Å²) in [6, 6.07) is 0. The van der Waals surface area contributed by atoms with Crippen molar-refractivity contribution in [3.8, 4) is 0 Å². The SMILES string of the molecule is CC1CN(CCOCCO)CCC1O. The van der Waals surface area contributed by atoms with Crippen molar-refractivity contribution in [2.24, 2.45) is 5.92 Å². The van der Waals surface area contributed by atoms with Gasteiger partial charge < -0.3 is 19.8 Å². The van der Waals surface area contributed by atoms with Gasteiger partial charge in [-0.1, -0.05) is 6.92 Å². The van der Waals surface area contributed by atoms with Crippen molar-refractivity contribution in [3.63, 3.8) is 0 Å². The Morgan fingerprint density at radius 2 is 2.21 bits per heavy atom. The van der Waals surface area contributed by atoms with Crippen LogP contribution in [0.3, 0.4) is 0 Å². The minimum atomic E-state index is -0.135. The Bertz CT molecular complexity index is 154. The van der Waals surface area contributed by atoms with Crippen LogP contribution in [-0.4, -0.2) is 60.7 Å². The standard InChI is InChI=1S/C10H21NO3/c1-9-8-11(3-2-10(9)13)4-6-14-7-5-12/h9-10,12-13H,2-8H2,1H3. The van der Waals surface area contributed by atoms with Crippen LogP contribution in [0.5, 0.6) is 0 Å². The van der Waals surface area contributed by atoms with E-state index in [9.17, 15) is 5.11 Å². The van der Waals surface area contributed by atoms with Gasteiger partial charge in [0, 0.05) is 19.6 Å². The molecule has 2 atom stereocenters. The second kappa shape index (κ2) is 6.35. The summed E-state index contributed by atoms with van der Waals surface area (Å²) < 4.78 is 5.19. The first-order chi connectivity index (χ1) is 6.74. The molecule has 0 aromatic carbocycles. The highest BCUT2D eigenvalue weighted by atomic mass is 16.5. The van der Waals surface area contributed by atoms with Crippen LogP contribution in [0.25, 0.3) is 0 Å². The fourth-order valence-corrected chi connectivity index (χ4v) is 1.78. The minimum absolute atomic E-state index is 0.0924. The Kier molecular flexibility index (Phi) is 5.40. The fraction of sp³-hybridized carbons (Fsp3) is 1.00. The van der Waals surface area contributed by atoms with E-state index in [-0.39, 0.29) is 12.7 Å². The third-order valence-corrected chi connectivity index (χ3v) is 2.73. The van der Waals surface area contributed by atoms with Gasteiger partial charge in [-0.05, 0) is 12.3 Å². The molecule has 1 aliphatic rings. The predicted octanol–water partition coefficient (Wildman–Crippen LogP) is -0.302. The molecule has 0 aromatic heterocycles. The van der Waals surface area contributed by atoms with Gasteiger partial charge in [-0.2, -0.15) is 0 Å². The zero-order chi connectivity index (χ0) is 10.4. The first-order valence-electron chi connectivity index (χ1n) is 5.33. The number of likely N-dealkylation sites (tertiary alicyclic amines) is 1. The van der Waals surface area contributed by atoms with E-state index >= 15 is 0 Å². The van der Waals surface area contributed by atoms with Gasteiger partial charge in [0.2, 0.25) is 0 Å². The van der Waals surface area contributed by atoms with Crippen LogP contribution in [-0.2, 0) is 4.74 Å². The summed E-state index contributed by atoms with van der Waals surface area (Å²) in [6.07, 6.45) is 0.728. The van der Waals surface area contributed by atoms with Crippen LogP contribution < -0.4 is 0 Å². The Labute approximate surface area is 85.5 Å². The summed E-state index contributed by atoms with van der Waals surface area (Å²) in [6.45, 7) is 6.06. The van der Waals surface area contributed by atoms with Crippen molar-refractivity contribution in [1.29, 1.82) is 0 Å². The van der Waals surface area contributed by atoms with Crippen molar-refractivity contribution in [3.05, 3.63) is 0 Å². The summed E-state index contributed by atoms with van der Waals surface area (Å²) in [7, 11) is 0. The van der Waals surface area contributed by atoms with Gasteiger partial charge in [0.1, 0.15) is 0 Å². The normalized spacial score (nSPS) is 29.4. The van der Waals surface area contributed by atoms with Crippen molar-refractivity contribution >= 4 is 0 Å². The molecule has 1 heterocycles. The van der Waals surface area contributed by atoms with Crippen LogP contribution in [0.1, 0.15) is 13.3 Å². The van der Waals surface area contributed by atoms with Crippen LogP contribution in [0.2, 0.25) is 0 Å². The molecule has 2 unspecified atom stereocenters. The highest BCUT2D eigenvalue weighted by Gasteiger charge is 2.23. The Morgan fingerprint density at radius 3 is 2.86 bits per heavy atom. The number of ether oxygens (including phenoxy) is 1. The van der Waals surface area contributed by atoms with Gasteiger partial charge >= 0.3 is 0 Å². The number of piperidine rings is 1. The smallest absolute Gasteiger partial charge is 0.0698 e. The van der Waals surface area contributed by atoms with E-state index in [1.807, 2.05) is 0 Å². The molecule has 84 valence electrons. The number of hydrogen-bond donors (Lipinski definition) is 2.